The van der Waals surface area contributed by atoms with Gasteiger partial charge in [0, 0.05) is 12.0 Å². The van der Waals surface area contributed by atoms with Gasteiger partial charge in [0.15, 0.2) is 17.3 Å². The molecule has 3 aliphatic rings. The SMILES string of the molecule is COC1=C[C@]23CCN(C(=O)C(F)(F)F)[C@H](Cc4cc(OC)c(OC)cc42)C3=CC1=O. The Hall–Kier alpha value is -2.97. The summed E-state index contributed by atoms with van der Waals surface area (Å²) in [5.74, 6) is -1.30. The van der Waals surface area contributed by atoms with Crippen LogP contribution >= 0.6 is 0 Å². The molecule has 0 radical (unpaired) electrons. The van der Waals surface area contributed by atoms with Crippen molar-refractivity contribution in [2.75, 3.05) is 27.9 Å². The molecule has 9 heteroatoms. The zero-order valence-corrected chi connectivity index (χ0v) is 16.6. The topological polar surface area (TPSA) is 65.1 Å². The van der Waals surface area contributed by atoms with Gasteiger partial charge in [-0.1, -0.05) is 0 Å². The van der Waals surface area contributed by atoms with Crippen LogP contribution in [0.4, 0.5) is 13.2 Å². The van der Waals surface area contributed by atoms with E-state index in [1.807, 2.05) is 0 Å². The number of hydrogen-bond acceptors (Lipinski definition) is 5. The average Bonchev–Trinajstić information content (AvgIpc) is 2.71. The van der Waals surface area contributed by atoms with Gasteiger partial charge in [0.05, 0.1) is 27.4 Å². The van der Waals surface area contributed by atoms with Crippen LogP contribution in [0.3, 0.4) is 0 Å². The first-order chi connectivity index (χ1) is 14.2. The summed E-state index contributed by atoms with van der Waals surface area (Å²) >= 11 is 0. The number of benzene rings is 1. The second-order valence-corrected chi connectivity index (χ2v) is 7.48. The summed E-state index contributed by atoms with van der Waals surface area (Å²) in [7, 11) is 4.34. The summed E-state index contributed by atoms with van der Waals surface area (Å²) in [6.07, 6.45) is -1.70. The number of carbonyl (C=O) groups is 2. The van der Waals surface area contributed by atoms with Crippen molar-refractivity contribution in [1.29, 1.82) is 0 Å². The highest BCUT2D eigenvalue weighted by Gasteiger charge is 2.55. The molecule has 0 aromatic heterocycles. The van der Waals surface area contributed by atoms with Crippen molar-refractivity contribution in [3.05, 3.63) is 46.7 Å². The van der Waals surface area contributed by atoms with Crippen LogP contribution in [0.15, 0.2) is 35.6 Å². The second-order valence-electron chi connectivity index (χ2n) is 7.48. The number of ether oxygens (including phenoxy) is 3. The Morgan fingerprint density at radius 1 is 1.13 bits per heavy atom. The molecule has 2 aliphatic carbocycles. The van der Waals surface area contributed by atoms with Crippen molar-refractivity contribution < 1.29 is 37.0 Å². The Labute approximate surface area is 170 Å². The van der Waals surface area contributed by atoms with E-state index < -0.39 is 29.3 Å². The summed E-state index contributed by atoms with van der Waals surface area (Å²) in [5.41, 5.74) is 1.15. The standard InChI is InChI=1S/C21H20F3NO5/c1-28-16-7-11-6-14-13-8-15(26)18(30-3)10-20(13,12(11)9-17(16)29-2)4-5-25(14)19(27)21(22,23)24/h7-10,14H,4-6H2,1-3H3/t14-,20-/m1/s1. The van der Waals surface area contributed by atoms with Gasteiger partial charge in [-0.05, 0) is 53.8 Å². The van der Waals surface area contributed by atoms with Crippen LogP contribution in [0.2, 0.25) is 0 Å². The molecule has 1 fully saturated rings. The first kappa shape index (κ1) is 20.3. The van der Waals surface area contributed by atoms with Gasteiger partial charge in [-0.2, -0.15) is 13.2 Å². The van der Waals surface area contributed by atoms with Crippen LogP contribution in [-0.4, -0.2) is 56.7 Å². The molecule has 1 aromatic carbocycles. The van der Waals surface area contributed by atoms with Gasteiger partial charge in [-0.15, -0.1) is 0 Å². The lowest BCUT2D eigenvalue weighted by atomic mass is 9.58. The molecule has 2 atom stereocenters. The molecule has 2 bridgehead atoms. The maximum absolute atomic E-state index is 13.2. The highest BCUT2D eigenvalue weighted by atomic mass is 19.4. The van der Waals surface area contributed by atoms with Gasteiger partial charge < -0.3 is 19.1 Å². The molecule has 0 unspecified atom stereocenters. The molecule has 0 N–H and O–H groups in total. The van der Waals surface area contributed by atoms with Crippen LogP contribution in [0.1, 0.15) is 17.5 Å². The maximum Gasteiger partial charge on any atom is 0.471 e. The number of alkyl halides is 3. The minimum atomic E-state index is -5.00. The number of nitrogens with zero attached hydrogens (tertiary/aromatic N) is 1. The normalized spacial score (nSPS) is 24.9. The Kier molecular flexibility index (Phi) is 4.59. The lowest BCUT2D eigenvalue weighted by Gasteiger charge is -2.53. The summed E-state index contributed by atoms with van der Waals surface area (Å²) in [5, 5.41) is 0. The molecule has 160 valence electrons. The van der Waals surface area contributed by atoms with Gasteiger partial charge in [0.2, 0.25) is 5.78 Å². The van der Waals surface area contributed by atoms with E-state index in [2.05, 4.69) is 0 Å². The highest BCUT2D eigenvalue weighted by Crippen LogP contribution is 2.54. The largest absolute Gasteiger partial charge is 0.493 e. The number of hydrogen-bond donors (Lipinski definition) is 0. The van der Waals surface area contributed by atoms with Crippen molar-refractivity contribution in [3.63, 3.8) is 0 Å². The number of methoxy groups -OCH3 is 3. The molecule has 30 heavy (non-hydrogen) atoms. The smallest absolute Gasteiger partial charge is 0.471 e. The molecule has 1 aliphatic heterocycles. The van der Waals surface area contributed by atoms with E-state index in [0.717, 1.165) is 16.0 Å². The van der Waals surface area contributed by atoms with Crippen LogP contribution in [-0.2, 0) is 26.2 Å². The Bertz CT molecular complexity index is 997. The number of fused-ring (bicyclic) bond motifs is 1. The lowest BCUT2D eigenvalue weighted by Crippen LogP contribution is -2.59. The zero-order chi connectivity index (χ0) is 21.8. The maximum atomic E-state index is 13.2. The number of carbonyl (C=O) groups excluding carboxylic acids is 2. The van der Waals surface area contributed by atoms with Crippen LogP contribution in [0, 0.1) is 0 Å². The first-order valence-corrected chi connectivity index (χ1v) is 9.32. The molecule has 6 nitrogen and oxygen atoms in total. The summed E-state index contributed by atoms with van der Waals surface area (Å²) in [6, 6.07) is 2.62. The van der Waals surface area contributed by atoms with Crippen LogP contribution < -0.4 is 9.47 Å². The quantitative estimate of drug-likeness (QED) is 0.748. The fourth-order valence-corrected chi connectivity index (χ4v) is 4.82. The number of likely N-dealkylation sites (tertiary alicyclic amines) is 1. The average molecular weight is 423 g/mol. The number of piperidine rings is 1. The lowest BCUT2D eigenvalue weighted by molar-refractivity contribution is -0.188. The second kappa shape index (κ2) is 6.78. The van der Waals surface area contributed by atoms with Crippen molar-refractivity contribution in [2.45, 2.75) is 30.5 Å². The van der Waals surface area contributed by atoms with Gasteiger partial charge in [-0.25, -0.2) is 0 Å². The third kappa shape index (κ3) is 2.79. The third-order valence-corrected chi connectivity index (χ3v) is 6.13. The molecule has 1 aromatic rings. The number of ketones is 1. The van der Waals surface area contributed by atoms with Crippen LogP contribution in [0.25, 0.3) is 0 Å². The fourth-order valence-electron chi connectivity index (χ4n) is 4.82. The van der Waals surface area contributed by atoms with Crippen molar-refractivity contribution in [1.82, 2.24) is 4.90 Å². The number of rotatable bonds is 3. The van der Waals surface area contributed by atoms with Crippen molar-refractivity contribution in [3.8, 4) is 11.5 Å². The molecule has 1 saturated heterocycles. The number of halogens is 3. The molecular formula is C21H20F3NO5. The summed E-state index contributed by atoms with van der Waals surface area (Å²) in [4.78, 5) is 25.4. The first-order valence-electron chi connectivity index (χ1n) is 9.32. The fraction of sp³-hybridized carbons (Fsp3) is 0.429. The van der Waals surface area contributed by atoms with E-state index in [-0.39, 0.29) is 25.1 Å². The Balaban J connectivity index is 1.94. The van der Waals surface area contributed by atoms with E-state index >= 15 is 0 Å². The number of allylic oxidation sites excluding steroid dienone is 2. The molecule has 4 rings (SSSR count). The van der Waals surface area contributed by atoms with E-state index in [0.29, 0.717) is 17.1 Å². The van der Waals surface area contributed by atoms with Gasteiger partial charge in [0.25, 0.3) is 0 Å². The number of amides is 1. The van der Waals surface area contributed by atoms with E-state index in [1.54, 1.807) is 18.2 Å². The van der Waals surface area contributed by atoms with Crippen molar-refractivity contribution >= 4 is 11.7 Å². The molecule has 1 heterocycles. The van der Waals surface area contributed by atoms with Gasteiger partial charge in [-0.3, -0.25) is 9.59 Å². The molecule has 0 spiro atoms. The Morgan fingerprint density at radius 2 is 1.80 bits per heavy atom. The van der Waals surface area contributed by atoms with E-state index in [1.165, 1.54) is 27.4 Å². The van der Waals surface area contributed by atoms with E-state index in [4.69, 9.17) is 14.2 Å². The summed E-state index contributed by atoms with van der Waals surface area (Å²) in [6.45, 7) is -0.101. The molecule has 1 amide bonds. The predicted molar refractivity (Wildman–Crippen MR) is 99.3 cm³/mol. The molecular weight excluding hydrogens is 403 g/mol. The zero-order valence-electron chi connectivity index (χ0n) is 16.6. The minimum absolute atomic E-state index is 0.101. The monoisotopic (exact) mass is 423 g/mol. The van der Waals surface area contributed by atoms with Gasteiger partial charge in [0.1, 0.15) is 0 Å². The third-order valence-electron chi connectivity index (χ3n) is 6.13. The molecule has 0 saturated carbocycles. The minimum Gasteiger partial charge on any atom is -0.493 e. The predicted octanol–water partition coefficient (Wildman–Crippen LogP) is 2.70. The summed E-state index contributed by atoms with van der Waals surface area (Å²) < 4.78 is 55.7. The van der Waals surface area contributed by atoms with Crippen LogP contribution in [0.5, 0.6) is 11.5 Å². The van der Waals surface area contributed by atoms with Crippen molar-refractivity contribution in [2.24, 2.45) is 0 Å². The highest BCUT2D eigenvalue weighted by molar-refractivity contribution is 6.05. The van der Waals surface area contributed by atoms with E-state index in [9.17, 15) is 22.8 Å². The van der Waals surface area contributed by atoms with Gasteiger partial charge >= 0.3 is 12.1 Å². The Morgan fingerprint density at radius 3 is 2.40 bits per heavy atom.